The molecular weight excluding hydrogens is 140 g/mol. The lowest BCUT2D eigenvalue weighted by atomic mass is 9.98. The molecule has 3 N–H and O–H groups in total. The smallest absolute Gasteiger partial charge is 0.105 e. The zero-order valence-corrected chi connectivity index (χ0v) is 6.33. The van der Waals surface area contributed by atoms with E-state index < -0.39 is 0 Å². The second-order valence-electron chi connectivity index (χ2n) is 2.19. The first kappa shape index (κ1) is 9.17. The third kappa shape index (κ3) is 1.55. The van der Waals surface area contributed by atoms with E-state index in [1.807, 2.05) is 0 Å². The summed E-state index contributed by atoms with van der Waals surface area (Å²) in [5, 5.41) is 3.10. The predicted octanol–water partition coefficient (Wildman–Crippen LogP) is -0.645. The lowest BCUT2D eigenvalue weighted by Crippen LogP contribution is -2.64. The number of ether oxygens (including phenoxy) is 1. The van der Waals surface area contributed by atoms with Gasteiger partial charge in [0.2, 0.25) is 0 Å². The number of halogens is 1. The molecule has 1 aliphatic heterocycles. The van der Waals surface area contributed by atoms with Crippen molar-refractivity contribution in [3.8, 4) is 0 Å². The molecule has 0 bridgehead atoms. The van der Waals surface area contributed by atoms with Gasteiger partial charge in [-0.05, 0) is 0 Å². The monoisotopic (exact) mass is 152 g/mol. The lowest BCUT2D eigenvalue weighted by molar-refractivity contribution is -0.0428. The topological polar surface area (TPSA) is 47.3 Å². The Hall–Kier alpha value is 0.170. The van der Waals surface area contributed by atoms with Gasteiger partial charge in [0.1, 0.15) is 5.60 Å². The number of nitrogens with two attached hydrogens (primary N) is 1. The molecule has 9 heavy (non-hydrogen) atoms. The lowest BCUT2D eigenvalue weighted by Gasteiger charge is -2.40. The van der Waals surface area contributed by atoms with Crippen molar-refractivity contribution >= 4 is 12.4 Å². The van der Waals surface area contributed by atoms with Gasteiger partial charge >= 0.3 is 0 Å². The Labute approximate surface area is 61.3 Å². The second-order valence-corrected chi connectivity index (χ2v) is 2.19. The van der Waals surface area contributed by atoms with Crippen LogP contribution < -0.4 is 11.1 Å². The molecule has 56 valence electrons. The molecule has 0 aromatic rings. The third-order valence-electron chi connectivity index (χ3n) is 1.70. The number of methoxy groups -OCH3 is 1. The average Bonchev–Trinajstić information content (AvgIpc) is 1.67. The molecule has 0 unspecified atom stereocenters. The van der Waals surface area contributed by atoms with E-state index in [2.05, 4.69) is 5.32 Å². The van der Waals surface area contributed by atoms with Crippen molar-refractivity contribution in [2.75, 3.05) is 26.7 Å². The number of nitrogens with one attached hydrogen (secondary N) is 1. The fourth-order valence-corrected chi connectivity index (χ4v) is 0.776. The van der Waals surface area contributed by atoms with E-state index in [0.29, 0.717) is 6.54 Å². The maximum absolute atomic E-state index is 5.41. The molecule has 1 saturated heterocycles. The fraction of sp³-hybridized carbons (Fsp3) is 1.00. The van der Waals surface area contributed by atoms with Crippen LogP contribution in [0.1, 0.15) is 0 Å². The van der Waals surface area contributed by atoms with Crippen LogP contribution in [0.4, 0.5) is 0 Å². The highest BCUT2D eigenvalue weighted by molar-refractivity contribution is 5.85. The normalized spacial score (nSPS) is 22.0. The minimum absolute atomic E-state index is 0. The SMILES string of the molecule is COC1(CN)CNC1.Cl. The molecule has 4 heteroatoms. The summed E-state index contributed by atoms with van der Waals surface area (Å²) in [5.74, 6) is 0. The molecule has 1 fully saturated rings. The van der Waals surface area contributed by atoms with Crippen LogP contribution >= 0.6 is 12.4 Å². The first-order valence-electron chi connectivity index (χ1n) is 2.79. The van der Waals surface area contributed by atoms with E-state index in [1.54, 1.807) is 7.11 Å². The molecule has 0 spiro atoms. The van der Waals surface area contributed by atoms with E-state index in [-0.39, 0.29) is 18.0 Å². The molecule has 3 nitrogen and oxygen atoms in total. The molecule has 1 rings (SSSR count). The zero-order chi connectivity index (χ0) is 6.04. The number of hydrogen-bond donors (Lipinski definition) is 2. The van der Waals surface area contributed by atoms with Crippen molar-refractivity contribution in [2.24, 2.45) is 5.73 Å². The van der Waals surface area contributed by atoms with Crippen LogP contribution in [-0.4, -0.2) is 32.3 Å². The summed E-state index contributed by atoms with van der Waals surface area (Å²) < 4.78 is 5.14. The van der Waals surface area contributed by atoms with Gasteiger partial charge in [0.25, 0.3) is 0 Å². The Morgan fingerprint density at radius 3 is 2.22 bits per heavy atom. The van der Waals surface area contributed by atoms with Gasteiger partial charge in [-0.15, -0.1) is 12.4 Å². The van der Waals surface area contributed by atoms with Crippen LogP contribution in [0.5, 0.6) is 0 Å². The summed E-state index contributed by atoms with van der Waals surface area (Å²) in [6.45, 7) is 2.43. The molecular formula is C5H13ClN2O. The molecule has 0 atom stereocenters. The van der Waals surface area contributed by atoms with E-state index in [4.69, 9.17) is 10.5 Å². The van der Waals surface area contributed by atoms with Gasteiger partial charge in [-0.2, -0.15) is 0 Å². The molecule has 0 amide bonds. The number of hydrogen-bond acceptors (Lipinski definition) is 3. The molecule has 0 aromatic carbocycles. The summed E-state index contributed by atoms with van der Waals surface area (Å²) in [6.07, 6.45) is 0. The molecule has 0 aliphatic carbocycles. The molecule has 0 aromatic heterocycles. The van der Waals surface area contributed by atoms with Crippen molar-refractivity contribution < 1.29 is 4.74 Å². The van der Waals surface area contributed by atoms with Crippen LogP contribution in [-0.2, 0) is 4.74 Å². The Balaban J connectivity index is 0.000000640. The minimum Gasteiger partial charge on any atom is -0.374 e. The molecule has 1 heterocycles. The number of rotatable bonds is 2. The highest BCUT2D eigenvalue weighted by atomic mass is 35.5. The van der Waals surface area contributed by atoms with Gasteiger partial charge in [0.05, 0.1) is 0 Å². The van der Waals surface area contributed by atoms with Crippen LogP contribution in [0.25, 0.3) is 0 Å². The summed E-state index contributed by atoms with van der Waals surface area (Å²) in [4.78, 5) is 0. The van der Waals surface area contributed by atoms with Gasteiger partial charge in [0, 0.05) is 26.7 Å². The quantitative estimate of drug-likeness (QED) is 0.553. The van der Waals surface area contributed by atoms with Gasteiger partial charge in [-0.1, -0.05) is 0 Å². The predicted molar refractivity (Wildman–Crippen MR) is 38.9 cm³/mol. The first-order valence-corrected chi connectivity index (χ1v) is 2.79. The maximum Gasteiger partial charge on any atom is 0.105 e. The van der Waals surface area contributed by atoms with Gasteiger partial charge in [-0.3, -0.25) is 0 Å². The zero-order valence-electron chi connectivity index (χ0n) is 5.52. The molecule has 0 radical (unpaired) electrons. The van der Waals surface area contributed by atoms with E-state index >= 15 is 0 Å². The highest BCUT2D eigenvalue weighted by Gasteiger charge is 2.34. The summed E-state index contributed by atoms with van der Waals surface area (Å²) in [5.41, 5.74) is 5.39. The van der Waals surface area contributed by atoms with Crippen molar-refractivity contribution in [2.45, 2.75) is 5.60 Å². The van der Waals surface area contributed by atoms with Crippen LogP contribution in [0.2, 0.25) is 0 Å². The fourth-order valence-electron chi connectivity index (χ4n) is 0.776. The van der Waals surface area contributed by atoms with Gasteiger partial charge in [0.15, 0.2) is 0 Å². The van der Waals surface area contributed by atoms with Crippen molar-refractivity contribution in [3.63, 3.8) is 0 Å². The second kappa shape index (κ2) is 3.37. The largest absolute Gasteiger partial charge is 0.374 e. The van der Waals surface area contributed by atoms with Crippen molar-refractivity contribution in [1.82, 2.24) is 5.32 Å². The summed E-state index contributed by atoms with van der Waals surface area (Å²) >= 11 is 0. The Bertz CT molecular complexity index is 71.5. The molecule has 1 aliphatic rings. The average molecular weight is 153 g/mol. The summed E-state index contributed by atoms with van der Waals surface area (Å²) in [7, 11) is 1.70. The van der Waals surface area contributed by atoms with Crippen LogP contribution in [0, 0.1) is 0 Å². The van der Waals surface area contributed by atoms with Gasteiger partial charge in [-0.25, -0.2) is 0 Å². The van der Waals surface area contributed by atoms with Crippen molar-refractivity contribution in [3.05, 3.63) is 0 Å². The highest BCUT2D eigenvalue weighted by Crippen LogP contribution is 2.12. The van der Waals surface area contributed by atoms with Crippen LogP contribution in [0.3, 0.4) is 0 Å². The van der Waals surface area contributed by atoms with E-state index in [0.717, 1.165) is 13.1 Å². The van der Waals surface area contributed by atoms with Gasteiger partial charge < -0.3 is 15.8 Å². The molecule has 0 saturated carbocycles. The first-order chi connectivity index (χ1) is 3.83. The third-order valence-corrected chi connectivity index (χ3v) is 1.70. The van der Waals surface area contributed by atoms with E-state index in [9.17, 15) is 0 Å². The minimum atomic E-state index is -0.0278. The van der Waals surface area contributed by atoms with Crippen LogP contribution in [0.15, 0.2) is 0 Å². The maximum atomic E-state index is 5.41. The Morgan fingerprint density at radius 1 is 1.67 bits per heavy atom. The summed E-state index contributed by atoms with van der Waals surface area (Å²) in [6, 6.07) is 0. The standard InChI is InChI=1S/C5H12N2O.ClH/c1-8-5(2-6)3-7-4-5;/h7H,2-4,6H2,1H3;1H. The Kier molecular flexibility index (Phi) is 3.43. The Morgan fingerprint density at radius 2 is 2.22 bits per heavy atom. The van der Waals surface area contributed by atoms with E-state index in [1.165, 1.54) is 0 Å². The van der Waals surface area contributed by atoms with Crippen molar-refractivity contribution in [1.29, 1.82) is 0 Å².